The summed E-state index contributed by atoms with van der Waals surface area (Å²) in [5, 5.41) is 6.98. The van der Waals surface area contributed by atoms with Crippen molar-refractivity contribution in [3.05, 3.63) is 78.9 Å². The molecule has 0 aliphatic rings. The lowest BCUT2D eigenvalue weighted by atomic mass is 10.2. The zero-order valence-corrected chi connectivity index (χ0v) is 13.0. The summed E-state index contributed by atoms with van der Waals surface area (Å²) in [4.78, 5) is 15.7. The third-order valence-corrected chi connectivity index (χ3v) is 3.33. The largest absolute Gasteiger partial charge is 0.376 e. The van der Waals surface area contributed by atoms with E-state index in [4.69, 9.17) is 0 Å². The van der Waals surface area contributed by atoms with Gasteiger partial charge in [-0.3, -0.25) is 4.79 Å². The number of para-hydroxylation sites is 1. The zero-order valence-electron chi connectivity index (χ0n) is 13.0. The third kappa shape index (κ3) is 4.30. The van der Waals surface area contributed by atoms with Crippen LogP contribution in [0.2, 0.25) is 0 Å². The van der Waals surface area contributed by atoms with E-state index in [1.54, 1.807) is 18.7 Å². The number of amides is 1. The number of anilines is 1. The lowest BCUT2D eigenvalue weighted by Gasteiger charge is -2.04. The Morgan fingerprint density at radius 3 is 2.62 bits per heavy atom. The van der Waals surface area contributed by atoms with Crippen molar-refractivity contribution in [2.75, 3.05) is 11.9 Å². The molecule has 2 aromatic carbocycles. The molecule has 1 amide bonds. The maximum Gasteiger partial charge on any atom is 0.259 e. The van der Waals surface area contributed by atoms with Crippen LogP contribution in [0.5, 0.6) is 0 Å². The molecule has 6 heteroatoms. The summed E-state index contributed by atoms with van der Waals surface area (Å²) in [6.45, 7) is 0.168. The van der Waals surface area contributed by atoms with Crippen molar-refractivity contribution in [2.24, 2.45) is 5.10 Å². The molecule has 0 radical (unpaired) electrons. The fourth-order valence-electron chi connectivity index (χ4n) is 2.10. The molecule has 3 rings (SSSR count). The first-order valence-corrected chi connectivity index (χ1v) is 7.50. The van der Waals surface area contributed by atoms with Gasteiger partial charge in [-0.25, -0.2) is 10.4 Å². The summed E-state index contributed by atoms with van der Waals surface area (Å²) in [5.74, 6) is -0.204. The van der Waals surface area contributed by atoms with Crippen LogP contribution in [0.3, 0.4) is 0 Å². The Balaban J connectivity index is 1.48. The van der Waals surface area contributed by atoms with Crippen LogP contribution in [-0.4, -0.2) is 28.2 Å². The fraction of sp³-hybridized carbons (Fsp3) is 0.0556. The number of benzene rings is 2. The predicted molar refractivity (Wildman–Crippen MR) is 94.2 cm³/mol. The minimum Gasteiger partial charge on any atom is -0.376 e. The first kappa shape index (κ1) is 15.5. The Bertz CT molecular complexity index is 795. The lowest BCUT2D eigenvalue weighted by molar-refractivity contribution is -0.119. The minimum absolute atomic E-state index is 0.168. The molecule has 1 aromatic heterocycles. The van der Waals surface area contributed by atoms with E-state index >= 15 is 0 Å². The SMILES string of the molecule is O=C(CNc1ccccc1)N/N=C/c1ccc(-n2ccnc2)cc1. The highest BCUT2D eigenvalue weighted by molar-refractivity contribution is 5.84. The van der Waals surface area contributed by atoms with Crippen LogP contribution >= 0.6 is 0 Å². The molecule has 1 heterocycles. The highest BCUT2D eigenvalue weighted by Crippen LogP contribution is 2.08. The number of rotatable bonds is 6. The quantitative estimate of drug-likeness (QED) is 0.541. The average molecular weight is 319 g/mol. The molecule has 0 bridgehead atoms. The molecule has 2 N–H and O–H groups in total. The molecule has 0 spiro atoms. The summed E-state index contributed by atoms with van der Waals surface area (Å²) in [6.07, 6.45) is 6.96. The van der Waals surface area contributed by atoms with E-state index in [9.17, 15) is 4.79 Å². The van der Waals surface area contributed by atoms with Gasteiger partial charge in [-0.15, -0.1) is 0 Å². The molecule has 0 saturated heterocycles. The van der Waals surface area contributed by atoms with Gasteiger partial charge in [0.15, 0.2) is 0 Å². The van der Waals surface area contributed by atoms with Crippen LogP contribution in [0.25, 0.3) is 5.69 Å². The fourth-order valence-corrected chi connectivity index (χ4v) is 2.10. The predicted octanol–water partition coefficient (Wildman–Crippen LogP) is 2.43. The smallest absolute Gasteiger partial charge is 0.259 e. The Morgan fingerprint density at radius 2 is 1.92 bits per heavy atom. The Hall–Kier alpha value is -3.41. The van der Waals surface area contributed by atoms with E-state index in [-0.39, 0.29) is 12.5 Å². The topological polar surface area (TPSA) is 71.3 Å². The van der Waals surface area contributed by atoms with Gasteiger partial charge in [-0.05, 0) is 29.8 Å². The van der Waals surface area contributed by atoms with Crippen molar-refractivity contribution in [1.82, 2.24) is 15.0 Å². The van der Waals surface area contributed by atoms with Crippen molar-refractivity contribution in [1.29, 1.82) is 0 Å². The number of hydrazone groups is 1. The van der Waals surface area contributed by atoms with Gasteiger partial charge in [-0.1, -0.05) is 30.3 Å². The van der Waals surface area contributed by atoms with Gasteiger partial charge in [0.2, 0.25) is 0 Å². The summed E-state index contributed by atoms with van der Waals surface area (Å²) >= 11 is 0. The average Bonchev–Trinajstić information content (AvgIpc) is 3.16. The molecule has 0 aliphatic heterocycles. The van der Waals surface area contributed by atoms with Crippen molar-refractivity contribution >= 4 is 17.8 Å². The second-order valence-electron chi connectivity index (χ2n) is 5.07. The van der Waals surface area contributed by atoms with E-state index in [1.165, 1.54) is 0 Å². The van der Waals surface area contributed by atoms with E-state index in [0.717, 1.165) is 16.9 Å². The Kier molecular flexibility index (Phi) is 4.99. The number of hydrogen-bond acceptors (Lipinski definition) is 4. The van der Waals surface area contributed by atoms with Crippen LogP contribution in [0.4, 0.5) is 5.69 Å². The number of nitrogens with zero attached hydrogens (tertiary/aromatic N) is 3. The van der Waals surface area contributed by atoms with Crippen molar-refractivity contribution in [3.8, 4) is 5.69 Å². The minimum atomic E-state index is -0.204. The Labute approximate surface area is 139 Å². The van der Waals surface area contributed by atoms with Gasteiger partial charge in [0.1, 0.15) is 0 Å². The molecule has 0 fully saturated rings. The normalized spacial score (nSPS) is 10.7. The molecule has 6 nitrogen and oxygen atoms in total. The molecule has 0 unspecified atom stereocenters. The van der Waals surface area contributed by atoms with Crippen LogP contribution < -0.4 is 10.7 Å². The maximum atomic E-state index is 11.7. The van der Waals surface area contributed by atoms with E-state index in [0.29, 0.717) is 0 Å². The molecule has 0 saturated carbocycles. The number of imidazole rings is 1. The summed E-state index contributed by atoms with van der Waals surface area (Å²) < 4.78 is 1.91. The van der Waals surface area contributed by atoms with Gasteiger partial charge in [0.25, 0.3) is 5.91 Å². The van der Waals surface area contributed by atoms with Gasteiger partial charge < -0.3 is 9.88 Å². The molecular formula is C18H17N5O. The third-order valence-electron chi connectivity index (χ3n) is 3.33. The van der Waals surface area contributed by atoms with Gasteiger partial charge in [0.05, 0.1) is 19.1 Å². The number of carbonyl (C=O) groups is 1. The second-order valence-corrected chi connectivity index (χ2v) is 5.07. The first-order valence-electron chi connectivity index (χ1n) is 7.50. The lowest BCUT2D eigenvalue weighted by Crippen LogP contribution is -2.25. The van der Waals surface area contributed by atoms with Crippen molar-refractivity contribution in [2.45, 2.75) is 0 Å². The standard InChI is InChI=1S/C18H17N5O/c24-18(13-20-16-4-2-1-3-5-16)22-21-12-15-6-8-17(9-7-15)23-11-10-19-14-23/h1-12,14,20H,13H2,(H,22,24)/b21-12+. The van der Waals surface area contributed by atoms with Crippen LogP contribution in [0.15, 0.2) is 78.4 Å². The number of hydrogen-bond donors (Lipinski definition) is 2. The molecular weight excluding hydrogens is 302 g/mol. The number of nitrogens with one attached hydrogen (secondary N) is 2. The van der Waals surface area contributed by atoms with Crippen LogP contribution in [-0.2, 0) is 4.79 Å². The molecule has 0 atom stereocenters. The van der Waals surface area contributed by atoms with Crippen LogP contribution in [0, 0.1) is 0 Å². The molecule has 24 heavy (non-hydrogen) atoms. The first-order chi connectivity index (χ1) is 11.8. The summed E-state index contributed by atoms with van der Waals surface area (Å²) in [6, 6.07) is 17.3. The van der Waals surface area contributed by atoms with Crippen molar-refractivity contribution in [3.63, 3.8) is 0 Å². The number of carbonyl (C=O) groups excluding carboxylic acids is 1. The second kappa shape index (κ2) is 7.73. The van der Waals surface area contributed by atoms with Gasteiger partial charge in [-0.2, -0.15) is 5.10 Å². The highest BCUT2D eigenvalue weighted by Gasteiger charge is 1.99. The van der Waals surface area contributed by atoms with Crippen LogP contribution in [0.1, 0.15) is 5.56 Å². The molecule has 0 aliphatic carbocycles. The monoisotopic (exact) mass is 319 g/mol. The van der Waals surface area contributed by atoms with E-state index in [2.05, 4.69) is 20.8 Å². The Morgan fingerprint density at radius 1 is 1.12 bits per heavy atom. The highest BCUT2D eigenvalue weighted by atomic mass is 16.2. The number of aromatic nitrogens is 2. The van der Waals surface area contributed by atoms with Crippen molar-refractivity contribution < 1.29 is 4.79 Å². The maximum absolute atomic E-state index is 11.7. The van der Waals surface area contributed by atoms with E-state index in [1.807, 2.05) is 65.4 Å². The summed E-state index contributed by atoms with van der Waals surface area (Å²) in [7, 11) is 0. The molecule has 120 valence electrons. The van der Waals surface area contributed by atoms with E-state index < -0.39 is 0 Å². The van der Waals surface area contributed by atoms with Gasteiger partial charge >= 0.3 is 0 Å². The zero-order chi connectivity index (χ0) is 16.6. The van der Waals surface area contributed by atoms with Gasteiger partial charge in [0, 0.05) is 23.8 Å². The molecule has 3 aromatic rings. The summed E-state index contributed by atoms with van der Waals surface area (Å²) in [5.41, 5.74) is 5.30.